The number of hydrogen-bond donors (Lipinski definition) is 1. The van der Waals surface area contributed by atoms with Crippen LogP contribution in [0, 0.1) is 5.82 Å². The summed E-state index contributed by atoms with van der Waals surface area (Å²) in [4.78, 5) is 0. The third-order valence-electron chi connectivity index (χ3n) is 2.58. The van der Waals surface area contributed by atoms with Crippen LogP contribution in [0.25, 0.3) is 5.69 Å². The zero-order valence-electron chi connectivity index (χ0n) is 10.2. The van der Waals surface area contributed by atoms with E-state index in [1.165, 1.54) is 6.07 Å². The molecule has 3 nitrogen and oxygen atoms in total. The fourth-order valence-corrected chi connectivity index (χ4v) is 2.04. The van der Waals surface area contributed by atoms with Crippen LogP contribution in [0.2, 0.25) is 0 Å². The van der Waals surface area contributed by atoms with Crippen LogP contribution in [0.3, 0.4) is 0 Å². The predicted molar refractivity (Wildman–Crippen MR) is 73.2 cm³/mol. The molecule has 18 heavy (non-hydrogen) atoms. The molecule has 0 amide bonds. The molecule has 1 heterocycles. The molecular formula is C13H15BrFN3. The monoisotopic (exact) mass is 311 g/mol. The van der Waals surface area contributed by atoms with Gasteiger partial charge in [0.25, 0.3) is 0 Å². The van der Waals surface area contributed by atoms with E-state index in [0.717, 1.165) is 28.7 Å². The van der Waals surface area contributed by atoms with Gasteiger partial charge in [-0.05, 0) is 52.7 Å². The smallest absolute Gasteiger partial charge is 0.123 e. The Kier molecular flexibility index (Phi) is 4.49. The van der Waals surface area contributed by atoms with Gasteiger partial charge in [0, 0.05) is 12.7 Å². The molecule has 0 bridgehead atoms. The second kappa shape index (κ2) is 6.11. The van der Waals surface area contributed by atoms with E-state index in [1.54, 1.807) is 23.0 Å². The zero-order chi connectivity index (χ0) is 13.0. The summed E-state index contributed by atoms with van der Waals surface area (Å²) in [6.07, 6.45) is 4.63. The van der Waals surface area contributed by atoms with Gasteiger partial charge in [-0.15, -0.1) is 0 Å². The number of benzene rings is 1. The summed E-state index contributed by atoms with van der Waals surface area (Å²) in [5.41, 5.74) is 1.80. The first kappa shape index (κ1) is 13.2. The van der Waals surface area contributed by atoms with Crippen molar-refractivity contribution < 1.29 is 4.39 Å². The molecule has 2 rings (SSSR count). The number of nitrogens with zero attached hydrogens (tertiary/aromatic N) is 2. The first-order valence-electron chi connectivity index (χ1n) is 5.90. The van der Waals surface area contributed by atoms with Crippen LogP contribution in [0.15, 0.2) is 35.1 Å². The third-order valence-corrected chi connectivity index (χ3v) is 2.99. The van der Waals surface area contributed by atoms with Gasteiger partial charge in [-0.1, -0.05) is 6.92 Å². The highest BCUT2D eigenvalue weighted by Crippen LogP contribution is 2.18. The lowest BCUT2D eigenvalue weighted by Gasteiger charge is -2.10. The van der Waals surface area contributed by atoms with Crippen molar-refractivity contribution in [3.05, 3.63) is 46.4 Å². The van der Waals surface area contributed by atoms with Gasteiger partial charge in [0.2, 0.25) is 0 Å². The Bertz CT molecular complexity index is 525. The average Bonchev–Trinajstić information content (AvgIpc) is 2.76. The Morgan fingerprint density at radius 2 is 2.28 bits per heavy atom. The van der Waals surface area contributed by atoms with Crippen molar-refractivity contribution in [3.8, 4) is 5.69 Å². The SMILES string of the molecule is CCCNCc1cc(F)ccc1-n1cc(Br)cn1. The normalized spacial score (nSPS) is 10.8. The number of aromatic nitrogens is 2. The molecule has 1 aromatic heterocycles. The Hall–Kier alpha value is -1.20. The van der Waals surface area contributed by atoms with Crippen LogP contribution >= 0.6 is 15.9 Å². The highest BCUT2D eigenvalue weighted by Gasteiger charge is 2.07. The van der Waals surface area contributed by atoms with Crippen LogP contribution in [0.5, 0.6) is 0 Å². The molecule has 0 fully saturated rings. The molecular weight excluding hydrogens is 297 g/mol. The predicted octanol–water partition coefficient (Wildman–Crippen LogP) is 3.27. The summed E-state index contributed by atoms with van der Waals surface area (Å²) in [5.74, 6) is -0.224. The highest BCUT2D eigenvalue weighted by molar-refractivity contribution is 9.10. The molecule has 0 aliphatic heterocycles. The zero-order valence-corrected chi connectivity index (χ0v) is 11.7. The van der Waals surface area contributed by atoms with Gasteiger partial charge < -0.3 is 5.32 Å². The van der Waals surface area contributed by atoms with Gasteiger partial charge in [0.15, 0.2) is 0 Å². The Labute approximate surface area is 114 Å². The Balaban J connectivity index is 2.28. The molecule has 0 spiro atoms. The summed E-state index contributed by atoms with van der Waals surface area (Å²) in [6.45, 7) is 3.65. The van der Waals surface area contributed by atoms with Gasteiger partial charge in [0.05, 0.1) is 16.4 Å². The van der Waals surface area contributed by atoms with E-state index in [4.69, 9.17) is 0 Å². The van der Waals surface area contributed by atoms with Crippen LogP contribution in [0.1, 0.15) is 18.9 Å². The fourth-order valence-electron chi connectivity index (χ4n) is 1.75. The summed E-state index contributed by atoms with van der Waals surface area (Å²) in [7, 11) is 0. The van der Waals surface area contributed by atoms with Gasteiger partial charge in [-0.25, -0.2) is 9.07 Å². The summed E-state index contributed by atoms with van der Waals surface area (Å²) >= 11 is 3.36. The standard InChI is InChI=1S/C13H15BrFN3/c1-2-5-16-7-10-6-12(15)3-4-13(10)18-9-11(14)8-17-18/h3-4,6,8-9,16H,2,5,7H2,1H3. The minimum Gasteiger partial charge on any atom is -0.313 e. The minimum absolute atomic E-state index is 0.224. The molecule has 0 saturated carbocycles. The van der Waals surface area contributed by atoms with Crippen molar-refractivity contribution in [1.82, 2.24) is 15.1 Å². The van der Waals surface area contributed by atoms with Crippen molar-refractivity contribution in [1.29, 1.82) is 0 Å². The summed E-state index contributed by atoms with van der Waals surface area (Å²) < 4.78 is 16.0. The summed E-state index contributed by atoms with van der Waals surface area (Å²) in [6, 6.07) is 4.75. The van der Waals surface area contributed by atoms with Crippen molar-refractivity contribution in [2.75, 3.05) is 6.54 Å². The molecule has 0 unspecified atom stereocenters. The van der Waals surface area contributed by atoms with Crippen LogP contribution in [-0.4, -0.2) is 16.3 Å². The van der Waals surface area contributed by atoms with Gasteiger partial charge in [0.1, 0.15) is 5.82 Å². The van der Waals surface area contributed by atoms with E-state index in [2.05, 4.69) is 33.3 Å². The number of nitrogens with one attached hydrogen (secondary N) is 1. The lowest BCUT2D eigenvalue weighted by atomic mass is 10.1. The van der Waals surface area contributed by atoms with Crippen molar-refractivity contribution in [2.45, 2.75) is 19.9 Å². The molecule has 5 heteroatoms. The van der Waals surface area contributed by atoms with Gasteiger partial charge >= 0.3 is 0 Å². The van der Waals surface area contributed by atoms with E-state index in [1.807, 2.05) is 6.20 Å². The topological polar surface area (TPSA) is 29.9 Å². The third kappa shape index (κ3) is 3.17. The minimum atomic E-state index is -0.224. The average molecular weight is 312 g/mol. The van der Waals surface area contributed by atoms with Crippen LogP contribution in [-0.2, 0) is 6.54 Å². The molecule has 0 aliphatic carbocycles. The van der Waals surface area contributed by atoms with E-state index in [-0.39, 0.29) is 5.82 Å². The van der Waals surface area contributed by atoms with Crippen molar-refractivity contribution >= 4 is 15.9 Å². The highest BCUT2D eigenvalue weighted by atomic mass is 79.9. The molecule has 0 radical (unpaired) electrons. The quantitative estimate of drug-likeness (QED) is 0.859. The Morgan fingerprint density at radius 1 is 1.44 bits per heavy atom. The second-order valence-corrected chi connectivity index (χ2v) is 4.97. The molecule has 1 N–H and O–H groups in total. The lowest BCUT2D eigenvalue weighted by Crippen LogP contribution is -2.16. The summed E-state index contributed by atoms with van der Waals surface area (Å²) in [5, 5.41) is 7.50. The fraction of sp³-hybridized carbons (Fsp3) is 0.308. The van der Waals surface area contributed by atoms with Crippen molar-refractivity contribution in [2.24, 2.45) is 0 Å². The maximum Gasteiger partial charge on any atom is 0.123 e. The first-order chi connectivity index (χ1) is 8.70. The maximum absolute atomic E-state index is 13.3. The number of halogens is 2. The lowest BCUT2D eigenvalue weighted by molar-refractivity contribution is 0.616. The van der Waals surface area contributed by atoms with Gasteiger partial charge in [-0.2, -0.15) is 5.10 Å². The molecule has 0 aliphatic rings. The number of rotatable bonds is 5. The number of hydrogen-bond acceptors (Lipinski definition) is 2. The van der Waals surface area contributed by atoms with E-state index >= 15 is 0 Å². The molecule has 96 valence electrons. The molecule has 1 aromatic carbocycles. The van der Waals surface area contributed by atoms with Crippen molar-refractivity contribution in [3.63, 3.8) is 0 Å². The molecule has 0 atom stereocenters. The van der Waals surface area contributed by atoms with Crippen LogP contribution < -0.4 is 5.32 Å². The largest absolute Gasteiger partial charge is 0.313 e. The van der Waals surface area contributed by atoms with Crippen LogP contribution in [0.4, 0.5) is 4.39 Å². The van der Waals surface area contributed by atoms with E-state index < -0.39 is 0 Å². The first-order valence-corrected chi connectivity index (χ1v) is 6.69. The molecule has 0 saturated heterocycles. The van der Waals surface area contributed by atoms with E-state index in [0.29, 0.717) is 6.54 Å². The second-order valence-electron chi connectivity index (χ2n) is 4.05. The van der Waals surface area contributed by atoms with E-state index in [9.17, 15) is 4.39 Å². The van der Waals surface area contributed by atoms with Gasteiger partial charge in [-0.3, -0.25) is 0 Å². The Morgan fingerprint density at radius 3 is 2.94 bits per heavy atom. The molecule has 2 aromatic rings. The maximum atomic E-state index is 13.3.